The summed E-state index contributed by atoms with van der Waals surface area (Å²) in [6.45, 7) is 0. The van der Waals surface area contributed by atoms with Crippen molar-refractivity contribution in [3.63, 3.8) is 0 Å². The van der Waals surface area contributed by atoms with E-state index in [0.29, 0.717) is 0 Å². The maximum atomic E-state index is 6.63. The highest BCUT2D eigenvalue weighted by Crippen LogP contribution is 2.42. The molecule has 3 rings (SSSR count). The summed E-state index contributed by atoms with van der Waals surface area (Å²) in [6.07, 6.45) is 1.79. The predicted molar refractivity (Wildman–Crippen MR) is 94.5 cm³/mol. The fourth-order valence-corrected chi connectivity index (χ4v) is 5.74. The van der Waals surface area contributed by atoms with Crippen LogP contribution < -0.4 is 0 Å². The molecule has 0 aliphatic rings. The largest absolute Gasteiger partial charge is 0.295 e. The molecule has 3 aromatic rings. The molecule has 0 saturated heterocycles. The van der Waals surface area contributed by atoms with E-state index in [2.05, 4.69) is 29.2 Å². The molecule has 0 N–H and O–H groups in total. The van der Waals surface area contributed by atoms with E-state index < -0.39 is 12.5 Å². The fourth-order valence-electron chi connectivity index (χ4n) is 2.74. The molecule has 1 heterocycles. The summed E-state index contributed by atoms with van der Waals surface area (Å²) in [5.41, 5.74) is 3.02. The van der Waals surface area contributed by atoms with E-state index in [4.69, 9.17) is 22.2 Å². The molecule has 1 aromatic heterocycles. The van der Waals surface area contributed by atoms with Crippen LogP contribution >= 0.6 is 22.2 Å². The van der Waals surface area contributed by atoms with Crippen molar-refractivity contribution in [3.8, 4) is 0 Å². The predicted octanol–water partition coefficient (Wildman–Crippen LogP) is 4.92. The molecule has 0 spiro atoms. The van der Waals surface area contributed by atoms with E-state index in [1.165, 1.54) is 0 Å². The van der Waals surface area contributed by atoms with Gasteiger partial charge in [-0.2, -0.15) is 0 Å². The van der Waals surface area contributed by atoms with Gasteiger partial charge in [0, 0.05) is 6.20 Å². The molecule has 0 unspecified atom stereocenters. The lowest BCUT2D eigenvalue weighted by Gasteiger charge is -2.34. The first-order valence-corrected chi connectivity index (χ1v) is 10.5. The lowest BCUT2D eigenvalue weighted by molar-refractivity contribution is 0.824. The van der Waals surface area contributed by atoms with Crippen molar-refractivity contribution in [3.05, 3.63) is 102 Å². The Balaban J connectivity index is 2.34. The van der Waals surface area contributed by atoms with Gasteiger partial charge >= 0.3 is 0 Å². The van der Waals surface area contributed by atoms with Gasteiger partial charge in [-0.1, -0.05) is 66.7 Å². The van der Waals surface area contributed by atoms with Gasteiger partial charge in [-0.3, -0.25) is 4.98 Å². The zero-order valence-electron chi connectivity index (χ0n) is 11.8. The first kappa shape index (κ1) is 15.3. The average molecular weight is 343 g/mol. The molecule has 0 atom stereocenters. The summed E-state index contributed by atoms with van der Waals surface area (Å²) in [6, 6.07) is 26.2. The molecule has 2 aromatic carbocycles. The lowest BCUT2D eigenvalue weighted by Crippen LogP contribution is -2.40. The Morgan fingerprint density at radius 3 is 1.59 bits per heavy atom. The van der Waals surface area contributed by atoms with Crippen molar-refractivity contribution in [2.45, 2.75) is 5.04 Å². The maximum absolute atomic E-state index is 6.63. The smallest absolute Gasteiger partial charge is 0.260 e. The van der Waals surface area contributed by atoms with E-state index in [1.807, 2.05) is 54.6 Å². The Kier molecular flexibility index (Phi) is 4.62. The van der Waals surface area contributed by atoms with Gasteiger partial charge in [0.05, 0.1) is 10.7 Å². The second kappa shape index (κ2) is 6.65. The third-order valence-corrected chi connectivity index (χ3v) is 6.85. The summed E-state index contributed by atoms with van der Waals surface area (Å²) in [5, 5.41) is -0.600. The van der Waals surface area contributed by atoms with Gasteiger partial charge < -0.3 is 0 Å². The third-order valence-electron chi connectivity index (χ3n) is 3.75. The maximum Gasteiger partial charge on any atom is 0.295 e. The van der Waals surface area contributed by atoms with Gasteiger partial charge in [-0.05, 0) is 23.3 Å². The number of aromatic nitrogens is 1. The molecular formula is C18H14Cl2NSi. The Hall–Kier alpha value is -1.61. The molecule has 0 aliphatic carbocycles. The number of halogens is 2. The van der Waals surface area contributed by atoms with Crippen LogP contribution in [0.2, 0.25) is 0 Å². The number of rotatable bonds is 4. The van der Waals surface area contributed by atoms with Crippen LogP contribution in [0.3, 0.4) is 0 Å². The standard InChI is InChI=1S/C18H14Cl2NSi/c19-22(20)18(15-9-3-1-4-10-15,16-11-5-2-6-12-16)17-13-7-8-14-21-17/h1-14H. The lowest BCUT2D eigenvalue weighted by atomic mass is 9.86. The molecule has 0 fully saturated rings. The zero-order chi connectivity index (χ0) is 15.4. The van der Waals surface area contributed by atoms with Crippen molar-refractivity contribution in [1.29, 1.82) is 0 Å². The third kappa shape index (κ3) is 2.58. The van der Waals surface area contributed by atoms with Gasteiger partial charge in [0.25, 0.3) is 7.42 Å². The highest BCUT2D eigenvalue weighted by Gasteiger charge is 2.45. The Labute approximate surface area is 141 Å². The number of nitrogens with zero attached hydrogens (tertiary/aromatic N) is 1. The zero-order valence-corrected chi connectivity index (χ0v) is 14.3. The minimum Gasteiger partial charge on any atom is -0.260 e. The number of benzene rings is 2. The Morgan fingerprint density at radius 2 is 1.18 bits per heavy atom. The van der Waals surface area contributed by atoms with E-state index in [-0.39, 0.29) is 0 Å². The van der Waals surface area contributed by atoms with Crippen LogP contribution in [0.4, 0.5) is 0 Å². The van der Waals surface area contributed by atoms with Crippen LogP contribution in [0.1, 0.15) is 16.8 Å². The fraction of sp³-hybridized carbons (Fsp3) is 0.0556. The van der Waals surface area contributed by atoms with Gasteiger partial charge in [0.2, 0.25) is 0 Å². The number of hydrogen-bond donors (Lipinski definition) is 0. The summed E-state index contributed by atoms with van der Waals surface area (Å²) >= 11 is 13.3. The molecule has 0 saturated carbocycles. The quantitative estimate of drug-likeness (QED) is 0.484. The van der Waals surface area contributed by atoms with Crippen LogP contribution in [0.25, 0.3) is 0 Å². The molecule has 22 heavy (non-hydrogen) atoms. The summed E-state index contributed by atoms with van der Waals surface area (Å²) in [7, 11) is -1.81. The van der Waals surface area contributed by atoms with Gasteiger partial charge in [-0.25, -0.2) is 0 Å². The molecule has 1 radical (unpaired) electrons. The van der Waals surface area contributed by atoms with Gasteiger partial charge in [0.1, 0.15) is 0 Å². The van der Waals surface area contributed by atoms with E-state index >= 15 is 0 Å². The molecular weight excluding hydrogens is 329 g/mol. The summed E-state index contributed by atoms with van der Waals surface area (Å²) < 4.78 is 0. The number of pyridine rings is 1. The van der Waals surface area contributed by atoms with E-state index in [1.54, 1.807) is 6.20 Å². The van der Waals surface area contributed by atoms with Gasteiger partial charge in [-0.15, -0.1) is 22.2 Å². The number of hydrogen-bond acceptors (Lipinski definition) is 1. The molecule has 1 nitrogen and oxygen atoms in total. The van der Waals surface area contributed by atoms with E-state index in [9.17, 15) is 0 Å². The van der Waals surface area contributed by atoms with Gasteiger partial charge in [0.15, 0.2) is 0 Å². The van der Waals surface area contributed by atoms with Crippen molar-refractivity contribution in [1.82, 2.24) is 4.98 Å². The molecule has 0 aliphatic heterocycles. The normalized spacial score (nSPS) is 11.6. The first-order valence-electron chi connectivity index (χ1n) is 6.97. The molecule has 0 amide bonds. The highest BCUT2D eigenvalue weighted by atomic mass is 35.7. The minimum atomic E-state index is -1.81. The van der Waals surface area contributed by atoms with Crippen LogP contribution in [-0.4, -0.2) is 12.4 Å². The first-order chi connectivity index (χ1) is 10.8. The van der Waals surface area contributed by atoms with Crippen molar-refractivity contribution >= 4 is 29.6 Å². The topological polar surface area (TPSA) is 12.9 Å². The van der Waals surface area contributed by atoms with Crippen LogP contribution in [-0.2, 0) is 5.04 Å². The highest BCUT2D eigenvalue weighted by molar-refractivity contribution is 7.35. The molecule has 0 bridgehead atoms. The second-order valence-electron chi connectivity index (χ2n) is 4.96. The minimum absolute atomic E-state index is 0.600. The van der Waals surface area contributed by atoms with Crippen molar-refractivity contribution in [2.75, 3.05) is 0 Å². The molecule has 4 heteroatoms. The monoisotopic (exact) mass is 342 g/mol. The summed E-state index contributed by atoms with van der Waals surface area (Å²) in [5.74, 6) is 0. The Bertz CT molecular complexity index is 621. The summed E-state index contributed by atoms with van der Waals surface area (Å²) in [4.78, 5) is 4.58. The van der Waals surface area contributed by atoms with Crippen molar-refractivity contribution < 1.29 is 0 Å². The molecule has 109 valence electrons. The van der Waals surface area contributed by atoms with Crippen LogP contribution in [0.5, 0.6) is 0 Å². The average Bonchev–Trinajstić information content (AvgIpc) is 2.58. The van der Waals surface area contributed by atoms with Crippen molar-refractivity contribution in [2.24, 2.45) is 0 Å². The Morgan fingerprint density at radius 1 is 0.682 bits per heavy atom. The second-order valence-corrected chi connectivity index (χ2v) is 9.08. The van der Waals surface area contributed by atoms with Crippen LogP contribution in [0.15, 0.2) is 85.1 Å². The SMILES string of the molecule is Cl[Si](Cl)C(c1ccccc1)(c1ccccc1)c1ccccn1. The van der Waals surface area contributed by atoms with E-state index in [0.717, 1.165) is 16.8 Å². The van der Waals surface area contributed by atoms with Crippen LogP contribution in [0, 0.1) is 0 Å².